The van der Waals surface area contributed by atoms with Gasteiger partial charge in [0, 0.05) is 5.56 Å². The standard InChI is InChI=1S/C18H18ClNO5S/c1-11(2)26(23,24)14-7-4-12(5-8-14)17(21)20-16-10-13(18(22)25-3)6-9-15(16)19/h4-11H,1-3H3,(H,20,21). The Hall–Kier alpha value is -2.38. The number of anilines is 1. The van der Waals surface area contributed by atoms with Gasteiger partial charge in [0.15, 0.2) is 9.84 Å². The lowest BCUT2D eigenvalue weighted by atomic mass is 10.1. The van der Waals surface area contributed by atoms with Gasteiger partial charge in [-0.2, -0.15) is 0 Å². The average Bonchev–Trinajstić information content (AvgIpc) is 2.62. The summed E-state index contributed by atoms with van der Waals surface area (Å²) in [4.78, 5) is 24.1. The van der Waals surface area contributed by atoms with E-state index < -0.39 is 27.0 Å². The van der Waals surface area contributed by atoms with Gasteiger partial charge >= 0.3 is 5.97 Å². The summed E-state index contributed by atoms with van der Waals surface area (Å²) in [7, 11) is -2.16. The maximum absolute atomic E-state index is 12.4. The molecule has 0 aromatic heterocycles. The van der Waals surface area contributed by atoms with Crippen molar-refractivity contribution in [2.24, 2.45) is 0 Å². The topological polar surface area (TPSA) is 89.5 Å². The zero-order chi connectivity index (χ0) is 19.5. The lowest BCUT2D eigenvalue weighted by Gasteiger charge is -2.10. The number of amides is 1. The van der Waals surface area contributed by atoms with E-state index in [1.807, 2.05) is 0 Å². The van der Waals surface area contributed by atoms with Crippen molar-refractivity contribution in [3.8, 4) is 0 Å². The van der Waals surface area contributed by atoms with Crippen molar-refractivity contribution in [1.82, 2.24) is 0 Å². The van der Waals surface area contributed by atoms with Gasteiger partial charge in [0.1, 0.15) is 0 Å². The second-order valence-corrected chi connectivity index (χ2v) is 8.67. The molecule has 0 aliphatic rings. The lowest BCUT2D eigenvalue weighted by Crippen LogP contribution is -2.15. The molecule has 8 heteroatoms. The van der Waals surface area contributed by atoms with Crippen LogP contribution in [0.4, 0.5) is 5.69 Å². The van der Waals surface area contributed by atoms with E-state index in [1.165, 1.54) is 49.6 Å². The van der Waals surface area contributed by atoms with Crippen LogP contribution in [0.15, 0.2) is 47.4 Å². The van der Waals surface area contributed by atoms with Crippen molar-refractivity contribution < 1.29 is 22.7 Å². The van der Waals surface area contributed by atoms with Crippen LogP contribution >= 0.6 is 11.6 Å². The SMILES string of the molecule is COC(=O)c1ccc(Cl)c(NC(=O)c2ccc(S(=O)(=O)C(C)C)cc2)c1. The van der Waals surface area contributed by atoms with Crippen LogP contribution in [0, 0.1) is 0 Å². The van der Waals surface area contributed by atoms with Gasteiger partial charge in [-0.1, -0.05) is 11.6 Å². The molecule has 0 radical (unpaired) electrons. The van der Waals surface area contributed by atoms with Crippen molar-refractivity contribution >= 4 is 39.0 Å². The van der Waals surface area contributed by atoms with Gasteiger partial charge in [-0.05, 0) is 56.3 Å². The summed E-state index contributed by atoms with van der Waals surface area (Å²) >= 11 is 6.05. The Morgan fingerprint density at radius 1 is 1.04 bits per heavy atom. The third kappa shape index (κ3) is 4.23. The molecule has 0 atom stereocenters. The molecule has 0 saturated heterocycles. The molecule has 0 unspecified atom stereocenters. The summed E-state index contributed by atoms with van der Waals surface area (Å²) < 4.78 is 28.9. The third-order valence-corrected chi connectivity index (χ3v) is 6.20. The van der Waals surface area contributed by atoms with Crippen LogP contribution in [-0.4, -0.2) is 32.7 Å². The van der Waals surface area contributed by atoms with Crippen molar-refractivity contribution in [1.29, 1.82) is 0 Å². The van der Waals surface area contributed by atoms with Crippen LogP contribution in [0.3, 0.4) is 0 Å². The molecule has 0 spiro atoms. The van der Waals surface area contributed by atoms with E-state index in [9.17, 15) is 18.0 Å². The largest absolute Gasteiger partial charge is 0.465 e. The molecule has 0 heterocycles. The van der Waals surface area contributed by atoms with Crippen molar-refractivity contribution in [3.63, 3.8) is 0 Å². The molecule has 0 aliphatic carbocycles. The van der Waals surface area contributed by atoms with E-state index >= 15 is 0 Å². The van der Waals surface area contributed by atoms with Gasteiger partial charge in [0.05, 0.1) is 33.5 Å². The number of carbonyl (C=O) groups is 2. The van der Waals surface area contributed by atoms with Gasteiger partial charge < -0.3 is 10.1 Å². The minimum absolute atomic E-state index is 0.148. The Labute approximate surface area is 157 Å². The zero-order valence-electron chi connectivity index (χ0n) is 14.4. The fourth-order valence-electron chi connectivity index (χ4n) is 2.13. The molecule has 0 aliphatic heterocycles. The van der Waals surface area contributed by atoms with Crippen molar-refractivity contribution in [2.75, 3.05) is 12.4 Å². The molecule has 2 aromatic carbocycles. The Kier molecular flexibility index (Phi) is 6.05. The second kappa shape index (κ2) is 7.88. The lowest BCUT2D eigenvalue weighted by molar-refractivity contribution is 0.0600. The summed E-state index contributed by atoms with van der Waals surface area (Å²) in [5, 5.41) is 2.30. The Bertz CT molecular complexity index is 937. The van der Waals surface area contributed by atoms with E-state index in [4.69, 9.17) is 11.6 Å². The highest BCUT2D eigenvalue weighted by Gasteiger charge is 2.19. The average molecular weight is 396 g/mol. The van der Waals surface area contributed by atoms with Crippen LogP contribution < -0.4 is 5.32 Å². The maximum atomic E-state index is 12.4. The number of esters is 1. The van der Waals surface area contributed by atoms with Crippen LogP contribution in [-0.2, 0) is 14.6 Å². The number of hydrogen-bond acceptors (Lipinski definition) is 5. The molecular weight excluding hydrogens is 378 g/mol. The molecule has 138 valence electrons. The highest BCUT2D eigenvalue weighted by Crippen LogP contribution is 2.24. The van der Waals surface area contributed by atoms with Gasteiger partial charge in [-0.25, -0.2) is 13.2 Å². The number of sulfone groups is 1. The second-order valence-electron chi connectivity index (χ2n) is 5.76. The highest BCUT2D eigenvalue weighted by molar-refractivity contribution is 7.92. The number of halogens is 1. The molecule has 6 nitrogen and oxygen atoms in total. The third-order valence-electron chi connectivity index (χ3n) is 3.70. The molecule has 2 rings (SSSR count). The molecule has 1 N–H and O–H groups in total. The van der Waals surface area contributed by atoms with Gasteiger partial charge in [0.25, 0.3) is 5.91 Å². The minimum atomic E-state index is -3.41. The van der Waals surface area contributed by atoms with Gasteiger partial charge in [0.2, 0.25) is 0 Å². The summed E-state index contributed by atoms with van der Waals surface area (Å²) in [6.07, 6.45) is 0. The van der Waals surface area contributed by atoms with Crippen molar-refractivity contribution in [2.45, 2.75) is 24.0 Å². The van der Waals surface area contributed by atoms with E-state index in [2.05, 4.69) is 10.1 Å². The van der Waals surface area contributed by atoms with E-state index in [1.54, 1.807) is 13.8 Å². The van der Waals surface area contributed by atoms with Crippen molar-refractivity contribution in [3.05, 3.63) is 58.6 Å². The zero-order valence-corrected chi connectivity index (χ0v) is 16.0. The highest BCUT2D eigenvalue weighted by atomic mass is 35.5. The molecule has 26 heavy (non-hydrogen) atoms. The molecule has 1 amide bonds. The predicted molar refractivity (Wildman–Crippen MR) is 99.5 cm³/mol. The number of rotatable bonds is 5. The summed E-state index contributed by atoms with van der Waals surface area (Å²) in [5.74, 6) is -1.04. The first-order valence-corrected chi connectivity index (χ1v) is 9.62. The van der Waals surface area contributed by atoms with Gasteiger partial charge in [-0.3, -0.25) is 4.79 Å². The monoisotopic (exact) mass is 395 g/mol. The van der Waals surface area contributed by atoms with Gasteiger partial charge in [-0.15, -0.1) is 0 Å². The number of benzene rings is 2. The number of hydrogen-bond donors (Lipinski definition) is 1. The number of methoxy groups -OCH3 is 1. The summed E-state index contributed by atoms with van der Waals surface area (Å²) in [6, 6.07) is 9.97. The molecule has 0 saturated carbocycles. The summed E-state index contributed by atoms with van der Waals surface area (Å²) in [5.41, 5.74) is 0.747. The molecular formula is C18H18ClNO5S. The minimum Gasteiger partial charge on any atom is -0.465 e. The molecule has 0 fully saturated rings. The Balaban J connectivity index is 2.24. The maximum Gasteiger partial charge on any atom is 0.337 e. The first-order valence-electron chi connectivity index (χ1n) is 7.70. The van der Waals surface area contributed by atoms with Crippen LogP contribution in [0.1, 0.15) is 34.6 Å². The predicted octanol–water partition coefficient (Wildman–Crippen LogP) is 3.56. The Morgan fingerprint density at radius 3 is 2.15 bits per heavy atom. The quantitative estimate of drug-likeness (QED) is 0.782. The first kappa shape index (κ1) is 19.9. The smallest absolute Gasteiger partial charge is 0.337 e. The van der Waals surface area contributed by atoms with Crippen LogP contribution in [0.5, 0.6) is 0 Å². The number of carbonyl (C=O) groups excluding carboxylic acids is 2. The Morgan fingerprint density at radius 2 is 1.62 bits per heavy atom. The fourth-order valence-corrected chi connectivity index (χ4v) is 3.35. The first-order chi connectivity index (χ1) is 12.2. The van der Waals surface area contributed by atoms with Crippen LogP contribution in [0.25, 0.3) is 0 Å². The normalized spacial score (nSPS) is 11.3. The van der Waals surface area contributed by atoms with E-state index in [0.29, 0.717) is 0 Å². The summed E-state index contributed by atoms with van der Waals surface area (Å²) in [6.45, 7) is 3.18. The number of ether oxygens (including phenoxy) is 1. The fraction of sp³-hybridized carbons (Fsp3) is 0.222. The van der Waals surface area contributed by atoms with E-state index in [0.717, 1.165) is 0 Å². The van der Waals surface area contributed by atoms with E-state index in [-0.39, 0.29) is 26.7 Å². The molecule has 0 bridgehead atoms. The van der Waals surface area contributed by atoms with Crippen LogP contribution in [0.2, 0.25) is 5.02 Å². The number of nitrogens with one attached hydrogen (secondary N) is 1. The molecule has 2 aromatic rings.